The maximum absolute atomic E-state index is 11.3. The van der Waals surface area contributed by atoms with Crippen LogP contribution in [-0.2, 0) is 4.79 Å². The summed E-state index contributed by atoms with van der Waals surface area (Å²) < 4.78 is 0. The van der Waals surface area contributed by atoms with Crippen LogP contribution in [0.15, 0.2) is 48.0 Å². The SMILES string of the molecule is CC(=O)Nc1ccc(-c2ccc(C)c3c2C2CC(C(C)C)C3C=C2C)cc1. The second-order valence-corrected chi connectivity index (χ2v) is 8.65. The summed E-state index contributed by atoms with van der Waals surface area (Å²) in [4.78, 5) is 11.3. The molecule has 2 heteroatoms. The minimum atomic E-state index is -0.0340. The highest BCUT2D eigenvalue weighted by molar-refractivity contribution is 5.89. The Morgan fingerprint density at radius 2 is 1.74 bits per heavy atom. The molecule has 1 amide bonds. The molecule has 0 heterocycles. The molecule has 27 heavy (non-hydrogen) atoms. The van der Waals surface area contributed by atoms with Gasteiger partial charge in [0.2, 0.25) is 5.91 Å². The maximum atomic E-state index is 11.3. The number of amides is 1. The van der Waals surface area contributed by atoms with E-state index in [0.717, 1.165) is 11.6 Å². The molecule has 0 aromatic heterocycles. The van der Waals surface area contributed by atoms with Gasteiger partial charge in [-0.15, -0.1) is 0 Å². The number of nitrogens with one attached hydrogen (secondary N) is 1. The smallest absolute Gasteiger partial charge is 0.221 e. The first-order chi connectivity index (χ1) is 12.9. The summed E-state index contributed by atoms with van der Waals surface area (Å²) in [6, 6.07) is 12.9. The zero-order chi connectivity index (χ0) is 19.3. The fraction of sp³-hybridized carbons (Fsp3) is 0.400. The summed E-state index contributed by atoms with van der Waals surface area (Å²) in [5.41, 5.74) is 9.52. The quantitative estimate of drug-likeness (QED) is 0.629. The van der Waals surface area contributed by atoms with Crippen molar-refractivity contribution >= 4 is 11.6 Å². The largest absolute Gasteiger partial charge is 0.326 e. The highest BCUT2D eigenvalue weighted by atomic mass is 16.1. The number of benzene rings is 2. The molecule has 5 rings (SSSR count). The van der Waals surface area contributed by atoms with Crippen LogP contribution >= 0.6 is 0 Å². The fourth-order valence-corrected chi connectivity index (χ4v) is 5.21. The van der Waals surface area contributed by atoms with Crippen LogP contribution in [0.3, 0.4) is 0 Å². The van der Waals surface area contributed by atoms with Crippen molar-refractivity contribution in [1.29, 1.82) is 0 Å². The third kappa shape index (κ3) is 3.01. The van der Waals surface area contributed by atoms with Crippen molar-refractivity contribution in [3.05, 3.63) is 64.7 Å². The Kier molecular flexibility index (Phi) is 4.46. The molecule has 2 bridgehead atoms. The summed E-state index contributed by atoms with van der Waals surface area (Å²) in [6.07, 6.45) is 3.80. The van der Waals surface area contributed by atoms with Gasteiger partial charge in [0.05, 0.1) is 0 Å². The van der Waals surface area contributed by atoms with Crippen LogP contribution in [0.4, 0.5) is 5.69 Å². The molecule has 3 atom stereocenters. The van der Waals surface area contributed by atoms with E-state index in [1.165, 1.54) is 28.7 Å². The molecule has 0 spiro atoms. The van der Waals surface area contributed by atoms with Crippen LogP contribution in [-0.4, -0.2) is 5.91 Å². The molecule has 2 aromatic rings. The van der Waals surface area contributed by atoms with Crippen molar-refractivity contribution in [2.24, 2.45) is 11.8 Å². The zero-order valence-corrected chi connectivity index (χ0v) is 17.0. The minimum Gasteiger partial charge on any atom is -0.326 e. The predicted octanol–water partition coefficient (Wildman–Crippen LogP) is 6.42. The summed E-state index contributed by atoms with van der Waals surface area (Å²) in [7, 11) is 0. The Morgan fingerprint density at radius 1 is 1.04 bits per heavy atom. The topological polar surface area (TPSA) is 29.1 Å². The van der Waals surface area contributed by atoms with Crippen molar-refractivity contribution in [3.8, 4) is 11.1 Å². The number of carbonyl (C=O) groups is 1. The van der Waals surface area contributed by atoms with Gasteiger partial charge in [-0.3, -0.25) is 4.79 Å². The van der Waals surface area contributed by atoms with Crippen molar-refractivity contribution in [3.63, 3.8) is 0 Å². The Morgan fingerprint density at radius 3 is 2.37 bits per heavy atom. The number of fused-ring (bicyclic) bond motifs is 1. The Hall–Kier alpha value is -2.35. The van der Waals surface area contributed by atoms with Crippen LogP contribution in [0.1, 0.15) is 62.6 Å². The zero-order valence-electron chi connectivity index (χ0n) is 17.0. The van der Waals surface area contributed by atoms with Gasteiger partial charge in [0.1, 0.15) is 0 Å². The Labute approximate surface area is 162 Å². The van der Waals surface area contributed by atoms with E-state index < -0.39 is 0 Å². The lowest BCUT2D eigenvalue weighted by Crippen LogP contribution is -2.32. The first-order valence-corrected chi connectivity index (χ1v) is 10.1. The molecule has 1 N–H and O–H groups in total. The highest BCUT2D eigenvalue weighted by Gasteiger charge is 2.42. The summed E-state index contributed by atoms with van der Waals surface area (Å²) in [5.74, 6) is 2.48. The van der Waals surface area contributed by atoms with E-state index >= 15 is 0 Å². The molecule has 3 aliphatic carbocycles. The lowest BCUT2D eigenvalue weighted by molar-refractivity contribution is -0.114. The molecule has 2 aromatic carbocycles. The molecular weight excluding hydrogens is 330 g/mol. The standard InChI is InChI=1S/C25H29NO/c1-14(2)21-13-22-16(4)12-23(21)24-15(3)6-11-20(25(22)24)18-7-9-19(10-8-18)26-17(5)27/h6-12,14,21-23H,13H2,1-5H3,(H,26,27). The number of hydrogen-bond acceptors (Lipinski definition) is 1. The van der Waals surface area contributed by atoms with E-state index in [4.69, 9.17) is 0 Å². The van der Waals surface area contributed by atoms with Crippen molar-refractivity contribution in [1.82, 2.24) is 0 Å². The van der Waals surface area contributed by atoms with E-state index in [0.29, 0.717) is 17.8 Å². The van der Waals surface area contributed by atoms with Crippen molar-refractivity contribution in [2.45, 2.75) is 52.9 Å². The monoisotopic (exact) mass is 359 g/mol. The Bertz CT molecular complexity index is 920. The third-order valence-electron chi connectivity index (χ3n) is 6.52. The summed E-state index contributed by atoms with van der Waals surface area (Å²) >= 11 is 0. The molecule has 0 saturated carbocycles. The minimum absolute atomic E-state index is 0.0340. The summed E-state index contributed by atoms with van der Waals surface area (Å²) in [6.45, 7) is 10.9. The van der Waals surface area contributed by atoms with E-state index in [1.54, 1.807) is 18.1 Å². The number of allylic oxidation sites excluding steroid dienone is 2. The van der Waals surface area contributed by atoms with Crippen LogP contribution in [0.5, 0.6) is 0 Å². The van der Waals surface area contributed by atoms with E-state index in [-0.39, 0.29) is 5.91 Å². The average molecular weight is 360 g/mol. The van der Waals surface area contributed by atoms with Crippen molar-refractivity contribution in [2.75, 3.05) is 5.32 Å². The first-order valence-electron chi connectivity index (χ1n) is 10.1. The number of rotatable bonds is 3. The van der Waals surface area contributed by atoms with E-state index in [1.807, 2.05) is 12.1 Å². The van der Waals surface area contributed by atoms with Crippen molar-refractivity contribution < 1.29 is 4.79 Å². The highest BCUT2D eigenvalue weighted by Crippen LogP contribution is 2.56. The number of aryl methyl sites for hydroxylation is 1. The molecule has 2 nitrogen and oxygen atoms in total. The van der Waals surface area contributed by atoms with Crippen LogP contribution in [0.2, 0.25) is 0 Å². The molecule has 0 aliphatic heterocycles. The first kappa shape index (κ1) is 18.0. The second kappa shape index (κ2) is 6.67. The second-order valence-electron chi connectivity index (χ2n) is 8.65. The maximum Gasteiger partial charge on any atom is 0.221 e. The lowest BCUT2D eigenvalue weighted by atomic mass is 9.58. The number of anilines is 1. The van der Waals surface area contributed by atoms with Gasteiger partial charge >= 0.3 is 0 Å². The molecule has 3 unspecified atom stereocenters. The fourth-order valence-electron chi connectivity index (χ4n) is 5.21. The normalized spacial score (nSPS) is 23.2. The van der Waals surface area contributed by atoms with Gasteiger partial charge < -0.3 is 5.32 Å². The van der Waals surface area contributed by atoms with Crippen LogP contribution < -0.4 is 5.32 Å². The number of carbonyl (C=O) groups excluding carboxylic acids is 1. The average Bonchev–Trinajstić information content (AvgIpc) is 2.62. The van der Waals surface area contributed by atoms with Crippen LogP contribution in [0.25, 0.3) is 11.1 Å². The third-order valence-corrected chi connectivity index (χ3v) is 6.52. The van der Waals surface area contributed by atoms with E-state index in [9.17, 15) is 4.79 Å². The van der Waals surface area contributed by atoms with Gasteiger partial charge in [-0.1, -0.05) is 49.8 Å². The number of hydrogen-bond donors (Lipinski definition) is 1. The van der Waals surface area contributed by atoms with Crippen LogP contribution in [0, 0.1) is 18.8 Å². The molecule has 140 valence electrons. The van der Waals surface area contributed by atoms with E-state index in [2.05, 4.69) is 63.4 Å². The van der Waals surface area contributed by atoms with Gasteiger partial charge in [0.15, 0.2) is 0 Å². The predicted molar refractivity (Wildman–Crippen MR) is 113 cm³/mol. The van der Waals surface area contributed by atoms with Gasteiger partial charge in [-0.05, 0) is 72.1 Å². The molecule has 0 radical (unpaired) electrons. The summed E-state index contributed by atoms with van der Waals surface area (Å²) in [5, 5.41) is 2.86. The Balaban J connectivity index is 1.82. The molecule has 0 saturated heterocycles. The molecule has 0 fully saturated rings. The molecule has 3 aliphatic rings. The van der Waals surface area contributed by atoms with Gasteiger partial charge in [-0.25, -0.2) is 0 Å². The van der Waals surface area contributed by atoms with Gasteiger partial charge in [0.25, 0.3) is 0 Å². The van der Waals surface area contributed by atoms with Gasteiger partial charge in [-0.2, -0.15) is 0 Å². The molecular formula is C25H29NO. The lowest BCUT2D eigenvalue weighted by Gasteiger charge is -2.46. The van der Waals surface area contributed by atoms with Gasteiger partial charge in [0, 0.05) is 24.4 Å².